The Morgan fingerprint density at radius 2 is 1.06 bits per heavy atom. The zero-order valence-electron chi connectivity index (χ0n) is 10.4. The van der Waals surface area contributed by atoms with Crippen LogP contribution in [0.3, 0.4) is 0 Å². The topological polar surface area (TPSA) is 107 Å². The monoisotopic (exact) mass is 243 g/mol. The first-order valence-electron chi connectivity index (χ1n) is 5.43. The van der Waals surface area contributed by atoms with Gasteiger partial charge in [0.2, 0.25) is 0 Å². The first-order chi connectivity index (χ1) is 8.29. The SMILES string of the molecule is Bc1c(O)c(O)c2c(O)c(B)c(B)c(O)c2c1N. The summed E-state index contributed by atoms with van der Waals surface area (Å²) in [7, 11) is 4.77. The van der Waals surface area contributed by atoms with E-state index < -0.39 is 11.5 Å². The van der Waals surface area contributed by atoms with E-state index in [9.17, 15) is 20.4 Å². The van der Waals surface area contributed by atoms with Crippen LogP contribution in [0.5, 0.6) is 23.0 Å². The average Bonchev–Trinajstić information content (AvgIpc) is 2.35. The van der Waals surface area contributed by atoms with E-state index in [4.69, 9.17) is 5.73 Å². The van der Waals surface area contributed by atoms with E-state index in [0.717, 1.165) is 0 Å². The van der Waals surface area contributed by atoms with Crippen molar-refractivity contribution in [3.63, 3.8) is 0 Å². The molecule has 6 N–H and O–H groups in total. The van der Waals surface area contributed by atoms with Gasteiger partial charge in [0.15, 0.2) is 11.5 Å². The molecule has 0 aliphatic rings. The van der Waals surface area contributed by atoms with Crippen LogP contribution in [0.4, 0.5) is 5.69 Å². The number of benzene rings is 2. The molecule has 0 heterocycles. The average molecular weight is 243 g/mol. The fourth-order valence-corrected chi connectivity index (χ4v) is 2.07. The van der Waals surface area contributed by atoms with E-state index in [-0.39, 0.29) is 33.4 Å². The van der Waals surface area contributed by atoms with Crippen LogP contribution in [0.1, 0.15) is 0 Å². The summed E-state index contributed by atoms with van der Waals surface area (Å²) in [5, 5.41) is 39.9. The molecular weight excluding hydrogens is 231 g/mol. The Morgan fingerprint density at radius 1 is 0.611 bits per heavy atom. The number of phenols is 4. The highest BCUT2D eigenvalue weighted by Crippen LogP contribution is 2.42. The molecule has 0 aliphatic carbocycles. The van der Waals surface area contributed by atoms with Crippen LogP contribution in [-0.2, 0) is 0 Å². The van der Waals surface area contributed by atoms with Crippen LogP contribution in [-0.4, -0.2) is 44.0 Å². The van der Waals surface area contributed by atoms with E-state index >= 15 is 0 Å². The number of fused-ring (bicyclic) bond motifs is 1. The van der Waals surface area contributed by atoms with Crippen LogP contribution < -0.4 is 22.1 Å². The maximum Gasteiger partial charge on any atom is 0.168 e. The molecule has 0 aromatic heterocycles. The van der Waals surface area contributed by atoms with Crippen molar-refractivity contribution < 1.29 is 20.4 Å². The zero-order valence-corrected chi connectivity index (χ0v) is 10.4. The predicted molar refractivity (Wildman–Crippen MR) is 79.6 cm³/mol. The van der Waals surface area contributed by atoms with Crippen molar-refractivity contribution in [1.29, 1.82) is 0 Å². The largest absolute Gasteiger partial charge is 0.508 e. The number of nitrogen functional groups attached to an aromatic ring is 1. The van der Waals surface area contributed by atoms with E-state index in [1.54, 1.807) is 15.7 Å². The Bertz CT molecular complexity index is 574. The van der Waals surface area contributed by atoms with Crippen molar-refractivity contribution in [2.24, 2.45) is 0 Å². The summed E-state index contributed by atoms with van der Waals surface area (Å²) in [6.07, 6.45) is 0. The number of aromatic hydroxyl groups is 4. The van der Waals surface area contributed by atoms with Crippen molar-refractivity contribution in [3.05, 3.63) is 0 Å². The third-order valence-electron chi connectivity index (χ3n) is 3.49. The van der Waals surface area contributed by atoms with Crippen molar-refractivity contribution in [2.75, 3.05) is 5.73 Å². The Hall–Kier alpha value is -2.11. The minimum Gasteiger partial charge on any atom is -0.508 e. The van der Waals surface area contributed by atoms with Gasteiger partial charge in [0, 0.05) is 5.69 Å². The quantitative estimate of drug-likeness (QED) is 0.140. The molecule has 2 aromatic carbocycles. The van der Waals surface area contributed by atoms with Gasteiger partial charge in [-0.15, -0.1) is 0 Å². The number of hydrogen-bond acceptors (Lipinski definition) is 5. The van der Waals surface area contributed by atoms with Gasteiger partial charge in [-0.25, -0.2) is 0 Å². The highest BCUT2D eigenvalue weighted by molar-refractivity contribution is 6.53. The molecule has 0 aliphatic heterocycles. The minimum absolute atomic E-state index is 0.0313. The molecule has 0 saturated carbocycles. The molecule has 18 heavy (non-hydrogen) atoms. The van der Waals surface area contributed by atoms with Crippen LogP contribution >= 0.6 is 0 Å². The molecule has 0 fully saturated rings. The third kappa shape index (κ3) is 1.32. The first-order valence-corrected chi connectivity index (χ1v) is 5.43. The molecule has 0 saturated heterocycles. The molecule has 90 valence electrons. The predicted octanol–water partition coefficient (Wildman–Crippen LogP) is -3.98. The van der Waals surface area contributed by atoms with E-state index in [1.807, 2.05) is 0 Å². The van der Waals surface area contributed by atoms with Gasteiger partial charge in [-0.05, 0) is 16.4 Å². The summed E-state index contributed by atoms with van der Waals surface area (Å²) in [5.41, 5.74) is 7.14. The standard InChI is InChI=1S/C10H12B3NO4/c11-3-4(12)8(16)2-1(7(3)15)6(14)5(13)10(18)9(2)17/h15-18H,11-14H2. The fourth-order valence-electron chi connectivity index (χ4n) is 2.07. The Balaban J connectivity index is 3.22. The molecule has 2 aromatic rings. The summed E-state index contributed by atoms with van der Waals surface area (Å²) in [6.45, 7) is 0. The second-order valence-electron chi connectivity index (χ2n) is 4.43. The van der Waals surface area contributed by atoms with E-state index in [0.29, 0.717) is 10.9 Å². The summed E-state index contributed by atoms with van der Waals surface area (Å²) in [4.78, 5) is 0. The molecular formula is C10H12B3NO4. The van der Waals surface area contributed by atoms with Gasteiger partial charge in [0.05, 0.1) is 10.8 Å². The lowest BCUT2D eigenvalue weighted by Gasteiger charge is -2.17. The molecule has 0 atom stereocenters. The number of hydrogen-bond donors (Lipinski definition) is 5. The second-order valence-corrected chi connectivity index (χ2v) is 4.43. The van der Waals surface area contributed by atoms with Crippen LogP contribution in [0.15, 0.2) is 0 Å². The highest BCUT2D eigenvalue weighted by atomic mass is 16.3. The summed E-state index contributed by atoms with van der Waals surface area (Å²) >= 11 is 0. The lowest BCUT2D eigenvalue weighted by molar-refractivity contribution is 0.408. The molecule has 8 heteroatoms. The smallest absolute Gasteiger partial charge is 0.168 e. The van der Waals surface area contributed by atoms with Gasteiger partial charge in [0.25, 0.3) is 0 Å². The highest BCUT2D eigenvalue weighted by Gasteiger charge is 2.22. The Labute approximate surface area is 106 Å². The molecule has 0 spiro atoms. The molecule has 0 bridgehead atoms. The Kier molecular flexibility index (Phi) is 2.54. The lowest BCUT2D eigenvalue weighted by Crippen LogP contribution is -2.27. The Morgan fingerprint density at radius 3 is 1.56 bits per heavy atom. The number of nitrogens with two attached hydrogens (primary N) is 1. The fraction of sp³-hybridized carbons (Fsp3) is 0. The van der Waals surface area contributed by atoms with Crippen molar-refractivity contribution in [2.45, 2.75) is 0 Å². The maximum atomic E-state index is 10.1. The van der Waals surface area contributed by atoms with Crippen LogP contribution in [0.2, 0.25) is 0 Å². The van der Waals surface area contributed by atoms with Gasteiger partial charge < -0.3 is 26.2 Å². The number of rotatable bonds is 0. The van der Waals surface area contributed by atoms with Gasteiger partial charge in [-0.2, -0.15) is 0 Å². The molecule has 2 rings (SSSR count). The maximum absolute atomic E-state index is 10.1. The van der Waals surface area contributed by atoms with Gasteiger partial charge in [-0.1, -0.05) is 0 Å². The molecule has 5 nitrogen and oxygen atoms in total. The first kappa shape index (κ1) is 12.4. The lowest BCUT2D eigenvalue weighted by atomic mass is 9.76. The van der Waals surface area contributed by atoms with Gasteiger partial charge >= 0.3 is 0 Å². The van der Waals surface area contributed by atoms with Crippen molar-refractivity contribution in [1.82, 2.24) is 0 Å². The summed E-state index contributed by atoms with van der Waals surface area (Å²) in [6, 6.07) is 0. The van der Waals surface area contributed by atoms with Gasteiger partial charge in [0.1, 0.15) is 35.0 Å². The van der Waals surface area contributed by atoms with Crippen molar-refractivity contribution >= 4 is 56.4 Å². The van der Waals surface area contributed by atoms with Crippen molar-refractivity contribution in [3.8, 4) is 23.0 Å². The summed E-state index contributed by atoms with van der Waals surface area (Å²) in [5.74, 6) is -1.17. The van der Waals surface area contributed by atoms with E-state index in [2.05, 4.69) is 0 Å². The number of anilines is 1. The molecule has 0 unspecified atom stereocenters. The zero-order chi connectivity index (χ0) is 13.8. The second kappa shape index (κ2) is 3.70. The summed E-state index contributed by atoms with van der Waals surface area (Å²) < 4.78 is 0. The van der Waals surface area contributed by atoms with E-state index in [1.165, 1.54) is 7.85 Å². The minimum atomic E-state index is -0.479. The third-order valence-corrected chi connectivity index (χ3v) is 3.49. The molecule has 0 amide bonds. The normalized spacial score (nSPS) is 10.9. The number of phenolic OH excluding ortho intramolecular Hbond substituents is 4. The molecule has 0 radical (unpaired) electrons. The van der Waals surface area contributed by atoms with Crippen LogP contribution in [0, 0.1) is 0 Å². The van der Waals surface area contributed by atoms with Gasteiger partial charge in [-0.3, -0.25) is 0 Å². The van der Waals surface area contributed by atoms with Crippen LogP contribution in [0.25, 0.3) is 10.8 Å².